The van der Waals surface area contributed by atoms with Crippen LogP contribution < -0.4 is 0 Å². The predicted molar refractivity (Wildman–Crippen MR) is 64.8 cm³/mol. The number of nitrogens with zero attached hydrogens (tertiary/aromatic N) is 2. The minimum Gasteiger partial charge on any atom is -0.384 e. The molecule has 5 heteroatoms. The first-order valence-electron chi connectivity index (χ1n) is 5.90. The summed E-state index contributed by atoms with van der Waals surface area (Å²) in [4.78, 5) is 4.15. The Kier molecular flexibility index (Phi) is 4.07. The van der Waals surface area contributed by atoms with Crippen molar-refractivity contribution in [2.24, 2.45) is 0 Å². The molecule has 0 saturated heterocycles. The summed E-state index contributed by atoms with van der Waals surface area (Å²) < 4.78 is 10.6. The van der Waals surface area contributed by atoms with Crippen molar-refractivity contribution in [1.29, 1.82) is 0 Å². The first-order chi connectivity index (χ1) is 8.72. The standard InChI is InChI=1S/C13H16N2O3/c1-3-17-11(10-7-5-4-6-8-10)12-14-13(9(2)16)18-15-12/h4-9,11,16H,3H2,1-2H3/t9-,11?/m0/s1. The Morgan fingerprint density at radius 1 is 1.33 bits per heavy atom. The Hall–Kier alpha value is -1.72. The molecule has 0 radical (unpaired) electrons. The van der Waals surface area contributed by atoms with Crippen molar-refractivity contribution in [1.82, 2.24) is 10.1 Å². The predicted octanol–water partition coefficient (Wildman–Crippen LogP) is 2.25. The quantitative estimate of drug-likeness (QED) is 0.878. The average Bonchev–Trinajstić information content (AvgIpc) is 2.86. The molecule has 1 unspecified atom stereocenters. The molecule has 1 aromatic carbocycles. The Labute approximate surface area is 105 Å². The van der Waals surface area contributed by atoms with Crippen LogP contribution in [0.1, 0.15) is 43.3 Å². The van der Waals surface area contributed by atoms with E-state index in [4.69, 9.17) is 9.26 Å². The van der Waals surface area contributed by atoms with E-state index in [1.807, 2.05) is 37.3 Å². The number of ether oxygens (including phenoxy) is 1. The highest BCUT2D eigenvalue weighted by Gasteiger charge is 2.21. The first kappa shape index (κ1) is 12.7. The molecule has 2 atom stereocenters. The lowest BCUT2D eigenvalue weighted by molar-refractivity contribution is 0.0832. The SMILES string of the molecule is CCOC(c1ccccc1)c1noc([C@H](C)O)n1. The van der Waals surface area contributed by atoms with E-state index in [2.05, 4.69) is 10.1 Å². The summed E-state index contributed by atoms with van der Waals surface area (Å²) in [6.07, 6.45) is -1.14. The molecule has 0 spiro atoms. The number of rotatable bonds is 5. The fourth-order valence-corrected chi connectivity index (χ4v) is 1.64. The van der Waals surface area contributed by atoms with Gasteiger partial charge in [0, 0.05) is 6.61 Å². The van der Waals surface area contributed by atoms with Crippen LogP contribution in [0.3, 0.4) is 0 Å². The Bertz CT molecular complexity index is 482. The summed E-state index contributed by atoms with van der Waals surface area (Å²) >= 11 is 0. The minimum absolute atomic E-state index is 0.200. The zero-order chi connectivity index (χ0) is 13.0. The highest BCUT2D eigenvalue weighted by Crippen LogP contribution is 2.24. The van der Waals surface area contributed by atoms with E-state index in [0.717, 1.165) is 5.56 Å². The normalized spacial score (nSPS) is 14.4. The summed E-state index contributed by atoms with van der Waals surface area (Å²) in [5.74, 6) is 0.629. The molecule has 2 aromatic rings. The number of benzene rings is 1. The second-order valence-corrected chi connectivity index (χ2v) is 3.91. The average molecular weight is 248 g/mol. The van der Waals surface area contributed by atoms with Crippen molar-refractivity contribution in [3.05, 3.63) is 47.6 Å². The van der Waals surface area contributed by atoms with Crippen LogP contribution in [0, 0.1) is 0 Å². The summed E-state index contributed by atoms with van der Waals surface area (Å²) in [6, 6.07) is 9.68. The van der Waals surface area contributed by atoms with E-state index < -0.39 is 6.10 Å². The van der Waals surface area contributed by atoms with Crippen LogP contribution in [0.25, 0.3) is 0 Å². The van der Waals surface area contributed by atoms with E-state index in [-0.39, 0.29) is 12.0 Å². The highest BCUT2D eigenvalue weighted by atomic mass is 16.5. The lowest BCUT2D eigenvalue weighted by atomic mass is 10.1. The maximum Gasteiger partial charge on any atom is 0.255 e. The lowest BCUT2D eigenvalue weighted by Gasteiger charge is -2.13. The number of aromatic nitrogens is 2. The van der Waals surface area contributed by atoms with Crippen LogP contribution >= 0.6 is 0 Å². The molecule has 0 aliphatic heterocycles. The van der Waals surface area contributed by atoms with Crippen molar-refractivity contribution < 1.29 is 14.4 Å². The van der Waals surface area contributed by atoms with Gasteiger partial charge in [-0.25, -0.2) is 0 Å². The van der Waals surface area contributed by atoms with Crippen LogP contribution in [0.2, 0.25) is 0 Å². The van der Waals surface area contributed by atoms with Gasteiger partial charge in [0.05, 0.1) is 0 Å². The molecular weight excluding hydrogens is 232 g/mol. The zero-order valence-electron chi connectivity index (χ0n) is 10.4. The van der Waals surface area contributed by atoms with Gasteiger partial charge in [0.1, 0.15) is 12.2 Å². The Morgan fingerprint density at radius 2 is 2.06 bits per heavy atom. The van der Waals surface area contributed by atoms with Crippen molar-refractivity contribution in [3.8, 4) is 0 Å². The Balaban J connectivity index is 2.29. The van der Waals surface area contributed by atoms with Crippen molar-refractivity contribution in [2.45, 2.75) is 26.1 Å². The summed E-state index contributed by atoms with van der Waals surface area (Å²) in [5.41, 5.74) is 0.956. The molecule has 1 heterocycles. The van der Waals surface area contributed by atoms with Crippen molar-refractivity contribution in [2.75, 3.05) is 6.61 Å². The van der Waals surface area contributed by atoms with Crippen molar-refractivity contribution in [3.63, 3.8) is 0 Å². The summed E-state index contributed by atoms with van der Waals surface area (Å²) in [5, 5.41) is 13.2. The van der Waals surface area contributed by atoms with E-state index in [1.165, 1.54) is 0 Å². The van der Waals surface area contributed by atoms with Crippen molar-refractivity contribution >= 4 is 0 Å². The molecule has 5 nitrogen and oxygen atoms in total. The van der Waals surface area contributed by atoms with Gasteiger partial charge in [-0.3, -0.25) is 0 Å². The minimum atomic E-state index is -0.774. The number of hydrogen-bond donors (Lipinski definition) is 1. The van der Waals surface area contributed by atoms with Gasteiger partial charge in [0.25, 0.3) is 5.89 Å². The molecule has 1 aromatic heterocycles. The molecule has 0 bridgehead atoms. The monoisotopic (exact) mass is 248 g/mol. The third kappa shape index (κ3) is 2.75. The molecular formula is C13H16N2O3. The number of aliphatic hydroxyl groups is 1. The van der Waals surface area contributed by atoms with E-state index >= 15 is 0 Å². The molecule has 96 valence electrons. The molecule has 2 rings (SSSR count). The largest absolute Gasteiger partial charge is 0.384 e. The highest BCUT2D eigenvalue weighted by molar-refractivity contribution is 5.22. The van der Waals surface area contributed by atoms with E-state index in [0.29, 0.717) is 12.4 Å². The molecule has 0 fully saturated rings. The van der Waals surface area contributed by atoms with Gasteiger partial charge in [-0.15, -0.1) is 0 Å². The van der Waals surface area contributed by atoms with Gasteiger partial charge < -0.3 is 14.4 Å². The lowest BCUT2D eigenvalue weighted by Crippen LogP contribution is -2.08. The van der Waals surface area contributed by atoms with Gasteiger partial charge in [-0.2, -0.15) is 4.98 Å². The topological polar surface area (TPSA) is 68.4 Å². The smallest absolute Gasteiger partial charge is 0.255 e. The number of hydrogen-bond acceptors (Lipinski definition) is 5. The molecule has 0 aliphatic rings. The number of aliphatic hydroxyl groups excluding tert-OH is 1. The first-order valence-corrected chi connectivity index (χ1v) is 5.90. The second-order valence-electron chi connectivity index (χ2n) is 3.91. The molecule has 0 saturated carbocycles. The molecule has 0 amide bonds. The fraction of sp³-hybridized carbons (Fsp3) is 0.385. The van der Waals surface area contributed by atoms with Crippen LogP contribution in [0.15, 0.2) is 34.9 Å². The van der Waals surface area contributed by atoms with Crippen LogP contribution in [0.4, 0.5) is 0 Å². The van der Waals surface area contributed by atoms with Gasteiger partial charge >= 0.3 is 0 Å². The molecule has 1 N–H and O–H groups in total. The summed E-state index contributed by atoms with van der Waals surface area (Å²) in [7, 11) is 0. The van der Waals surface area contributed by atoms with Gasteiger partial charge in [0.2, 0.25) is 5.82 Å². The van der Waals surface area contributed by atoms with Gasteiger partial charge in [0.15, 0.2) is 0 Å². The third-order valence-corrected chi connectivity index (χ3v) is 2.48. The third-order valence-electron chi connectivity index (χ3n) is 2.48. The molecule has 0 aliphatic carbocycles. The van der Waals surface area contributed by atoms with Gasteiger partial charge in [-0.1, -0.05) is 35.5 Å². The van der Waals surface area contributed by atoms with E-state index in [1.54, 1.807) is 6.92 Å². The van der Waals surface area contributed by atoms with Gasteiger partial charge in [-0.05, 0) is 19.4 Å². The zero-order valence-corrected chi connectivity index (χ0v) is 10.4. The maximum atomic E-state index is 9.38. The fourth-order valence-electron chi connectivity index (χ4n) is 1.64. The Morgan fingerprint density at radius 3 is 2.61 bits per heavy atom. The van der Waals surface area contributed by atoms with Crippen LogP contribution in [0.5, 0.6) is 0 Å². The summed E-state index contributed by atoms with van der Waals surface area (Å²) in [6.45, 7) is 4.03. The maximum absolute atomic E-state index is 9.38. The van der Waals surface area contributed by atoms with Crippen LogP contribution in [-0.4, -0.2) is 21.9 Å². The van der Waals surface area contributed by atoms with E-state index in [9.17, 15) is 5.11 Å². The second kappa shape index (κ2) is 5.75. The molecule has 18 heavy (non-hydrogen) atoms. The van der Waals surface area contributed by atoms with Crippen LogP contribution in [-0.2, 0) is 4.74 Å².